The van der Waals surface area contributed by atoms with Crippen LogP contribution in [0.3, 0.4) is 0 Å². The molecule has 1 N–H and O–H groups in total. The van der Waals surface area contributed by atoms with Crippen molar-refractivity contribution in [2.45, 2.75) is 13.0 Å². The van der Waals surface area contributed by atoms with E-state index in [2.05, 4.69) is 5.10 Å². The van der Waals surface area contributed by atoms with Gasteiger partial charge in [0.05, 0.1) is 19.2 Å². The van der Waals surface area contributed by atoms with Crippen molar-refractivity contribution in [2.75, 3.05) is 0 Å². The third kappa shape index (κ3) is 2.68. The molecule has 6 heteroatoms. The number of hydrogen-bond donors (Lipinski definition) is 1. The maximum Gasteiger partial charge on any atom is 0.307 e. The van der Waals surface area contributed by atoms with Gasteiger partial charge in [0.2, 0.25) is 0 Å². The minimum absolute atomic E-state index is 0.172. The number of aliphatic carboxylic acids is 1. The normalized spacial score (nSPS) is 10.6. The average molecular weight is 269 g/mol. The first-order chi connectivity index (χ1) is 8.58. The Labute approximate surface area is 108 Å². The Morgan fingerprint density at radius 3 is 2.78 bits per heavy atom. The summed E-state index contributed by atoms with van der Waals surface area (Å²) in [5, 5.41) is 12.9. The van der Waals surface area contributed by atoms with Crippen molar-refractivity contribution >= 4 is 17.6 Å². The molecule has 94 valence electrons. The maximum absolute atomic E-state index is 13.4. The SMILES string of the molecule is O=C(O)Cc1cnn(Cc2ccccc2F)c1Cl. The van der Waals surface area contributed by atoms with E-state index in [1.54, 1.807) is 18.2 Å². The van der Waals surface area contributed by atoms with Crippen LogP contribution >= 0.6 is 11.6 Å². The van der Waals surface area contributed by atoms with Gasteiger partial charge >= 0.3 is 5.97 Å². The number of carboxylic acids is 1. The molecule has 0 fully saturated rings. The van der Waals surface area contributed by atoms with Gasteiger partial charge in [-0.25, -0.2) is 9.07 Å². The Morgan fingerprint density at radius 1 is 1.39 bits per heavy atom. The van der Waals surface area contributed by atoms with E-state index in [1.807, 2.05) is 0 Å². The Morgan fingerprint density at radius 2 is 2.11 bits per heavy atom. The Hall–Kier alpha value is -1.88. The molecule has 0 radical (unpaired) electrons. The fourth-order valence-electron chi connectivity index (χ4n) is 1.59. The van der Waals surface area contributed by atoms with Crippen molar-refractivity contribution in [1.29, 1.82) is 0 Å². The largest absolute Gasteiger partial charge is 0.481 e. The van der Waals surface area contributed by atoms with E-state index in [1.165, 1.54) is 16.9 Å². The van der Waals surface area contributed by atoms with Gasteiger partial charge < -0.3 is 5.11 Å². The quantitative estimate of drug-likeness (QED) is 0.926. The molecule has 0 spiro atoms. The molecule has 0 aliphatic heterocycles. The van der Waals surface area contributed by atoms with Crippen LogP contribution in [0.4, 0.5) is 4.39 Å². The van der Waals surface area contributed by atoms with Gasteiger partial charge in [-0.2, -0.15) is 5.10 Å². The van der Waals surface area contributed by atoms with Gasteiger partial charge in [-0.3, -0.25) is 4.79 Å². The first-order valence-electron chi connectivity index (χ1n) is 5.23. The highest BCUT2D eigenvalue weighted by Crippen LogP contribution is 2.18. The first-order valence-corrected chi connectivity index (χ1v) is 5.61. The summed E-state index contributed by atoms with van der Waals surface area (Å²) in [5.41, 5.74) is 0.866. The third-order valence-corrected chi connectivity index (χ3v) is 2.90. The Balaban J connectivity index is 2.23. The van der Waals surface area contributed by atoms with Crippen LogP contribution in [0.15, 0.2) is 30.5 Å². The van der Waals surface area contributed by atoms with Crippen molar-refractivity contribution in [3.05, 3.63) is 52.6 Å². The van der Waals surface area contributed by atoms with Gasteiger partial charge in [-0.15, -0.1) is 0 Å². The summed E-state index contributed by atoms with van der Waals surface area (Å²) in [7, 11) is 0. The van der Waals surface area contributed by atoms with Crippen molar-refractivity contribution in [3.63, 3.8) is 0 Å². The summed E-state index contributed by atoms with van der Waals surface area (Å²) in [4.78, 5) is 10.6. The van der Waals surface area contributed by atoms with Crippen LogP contribution in [0.2, 0.25) is 5.15 Å². The molecule has 2 aromatic rings. The average Bonchev–Trinajstić information content (AvgIpc) is 2.64. The number of carbonyl (C=O) groups is 1. The Kier molecular flexibility index (Phi) is 3.62. The molecular formula is C12H10ClFN2O2. The number of hydrogen-bond acceptors (Lipinski definition) is 2. The molecule has 1 aromatic heterocycles. The molecule has 0 aliphatic rings. The molecule has 0 atom stereocenters. The second-order valence-corrected chi connectivity index (χ2v) is 4.14. The van der Waals surface area contributed by atoms with Gasteiger partial charge in [-0.1, -0.05) is 29.8 Å². The van der Waals surface area contributed by atoms with E-state index in [9.17, 15) is 9.18 Å². The first kappa shape index (κ1) is 12.6. The molecule has 4 nitrogen and oxygen atoms in total. The van der Waals surface area contributed by atoms with Gasteiger partial charge in [0.25, 0.3) is 0 Å². The lowest BCUT2D eigenvalue weighted by molar-refractivity contribution is -0.136. The lowest BCUT2D eigenvalue weighted by Gasteiger charge is -2.05. The van der Waals surface area contributed by atoms with E-state index >= 15 is 0 Å². The highest BCUT2D eigenvalue weighted by molar-refractivity contribution is 6.30. The minimum Gasteiger partial charge on any atom is -0.481 e. The number of benzene rings is 1. The molecule has 0 aliphatic carbocycles. The molecule has 2 rings (SSSR count). The zero-order valence-corrected chi connectivity index (χ0v) is 10.1. The third-order valence-electron chi connectivity index (χ3n) is 2.46. The molecule has 0 bridgehead atoms. The molecule has 1 aromatic carbocycles. The van der Waals surface area contributed by atoms with Crippen molar-refractivity contribution < 1.29 is 14.3 Å². The van der Waals surface area contributed by atoms with Gasteiger partial charge in [0, 0.05) is 11.1 Å². The fraction of sp³-hybridized carbons (Fsp3) is 0.167. The molecule has 1 heterocycles. The van der Waals surface area contributed by atoms with Crippen LogP contribution in [-0.4, -0.2) is 20.9 Å². The number of rotatable bonds is 4. The van der Waals surface area contributed by atoms with Crippen LogP contribution in [0.25, 0.3) is 0 Å². The zero-order chi connectivity index (χ0) is 13.1. The van der Waals surface area contributed by atoms with Gasteiger partial charge in [0.15, 0.2) is 0 Å². The number of carboxylic acid groups (broad SMARTS) is 1. The fourth-order valence-corrected chi connectivity index (χ4v) is 1.81. The molecule has 0 saturated carbocycles. The molecule has 0 unspecified atom stereocenters. The van der Waals surface area contributed by atoms with Gasteiger partial charge in [-0.05, 0) is 6.07 Å². The summed E-state index contributed by atoms with van der Waals surface area (Å²) in [5.74, 6) is -1.33. The summed E-state index contributed by atoms with van der Waals surface area (Å²) < 4.78 is 14.8. The predicted octanol–water partition coefficient (Wildman–Crippen LogP) is 2.35. The van der Waals surface area contributed by atoms with Crippen LogP contribution in [0, 0.1) is 5.82 Å². The number of nitrogens with zero attached hydrogens (tertiary/aromatic N) is 2. The molecular weight excluding hydrogens is 259 g/mol. The summed E-state index contributed by atoms with van der Waals surface area (Å²) in [6, 6.07) is 6.29. The monoisotopic (exact) mass is 268 g/mol. The number of halogens is 2. The van der Waals surface area contributed by atoms with Crippen molar-refractivity contribution in [1.82, 2.24) is 9.78 Å². The Bertz CT molecular complexity index is 583. The topological polar surface area (TPSA) is 55.1 Å². The van der Waals surface area contributed by atoms with Crippen molar-refractivity contribution in [2.24, 2.45) is 0 Å². The van der Waals surface area contributed by atoms with E-state index in [4.69, 9.17) is 16.7 Å². The summed E-state index contributed by atoms with van der Waals surface area (Å²) >= 11 is 5.99. The van der Waals surface area contributed by atoms with E-state index in [0.717, 1.165) is 0 Å². The van der Waals surface area contributed by atoms with Crippen LogP contribution < -0.4 is 0 Å². The van der Waals surface area contributed by atoms with Gasteiger partial charge in [0.1, 0.15) is 11.0 Å². The van der Waals surface area contributed by atoms with Crippen LogP contribution in [-0.2, 0) is 17.8 Å². The summed E-state index contributed by atoms with van der Waals surface area (Å²) in [6.45, 7) is 0.172. The zero-order valence-electron chi connectivity index (χ0n) is 9.31. The lowest BCUT2D eigenvalue weighted by Crippen LogP contribution is -2.04. The highest BCUT2D eigenvalue weighted by atomic mass is 35.5. The minimum atomic E-state index is -0.984. The lowest BCUT2D eigenvalue weighted by atomic mass is 10.2. The van der Waals surface area contributed by atoms with Crippen LogP contribution in [0.1, 0.15) is 11.1 Å². The molecule has 18 heavy (non-hydrogen) atoms. The predicted molar refractivity (Wildman–Crippen MR) is 64.1 cm³/mol. The standard InChI is InChI=1S/C12H10ClFN2O2/c13-12-9(5-11(17)18)6-15-16(12)7-8-3-1-2-4-10(8)14/h1-4,6H,5,7H2,(H,17,18). The van der Waals surface area contributed by atoms with E-state index in [-0.39, 0.29) is 23.9 Å². The van der Waals surface area contributed by atoms with E-state index < -0.39 is 5.97 Å². The second kappa shape index (κ2) is 5.18. The highest BCUT2D eigenvalue weighted by Gasteiger charge is 2.12. The second-order valence-electron chi connectivity index (χ2n) is 3.78. The molecule has 0 amide bonds. The summed E-state index contributed by atoms with van der Waals surface area (Å²) in [6.07, 6.45) is 1.19. The smallest absolute Gasteiger partial charge is 0.307 e. The maximum atomic E-state index is 13.4. The number of aromatic nitrogens is 2. The van der Waals surface area contributed by atoms with Crippen LogP contribution in [0.5, 0.6) is 0 Å². The van der Waals surface area contributed by atoms with E-state index in [0.29, 0.717) is 11.1 Å². The molecule has 0 saturated heterocycles. The van der Waals surface area contributed by atoms with Crippen molar-refractivity contribution in [3.8, 4) is 0 Å².